The quantitative estimate of drug-likeness (QED) is 0.418. The molecule has 1 heterocycles. The number of amides is 1. The fourth-order valence-corrected chi connectivity index (χ4v) is 2.38. The number of Topliss-reactive ketones (excluding diaryl/α,β-unsaturated/α-hetero) is 1. The molecule has 0 radical (unpaired) electrons. The van der Waals surface area contributed by atoms with Gasteiger partial charge in [0.1, 0.15) is 5.69 Å². The number of anilines is 1. The summed E-state index contributed by atoms with van der Waals surface area (Å²) in [4.78, 5) is 38.8. The number of carbonyl (C=O) groups is 2. The van der Waals surface area contributed by atoms with E-state index >= 15 is 0 Å². The van der Waals surface area contributed by atoms with Gasteiger partial charge in [0.2, 0.25) is 0 Å². The number of nitrogens with zero attached hydrogens (tertiary/aromatic N) is 3. The van der Waals surface area contributed by atoms with Crippen LogP contribution in [-0.4, -0.2) is 26.2 Å². The zero-order valence-electron chi connectivity index (χ0n) is 13.5. The van der Waals surface area contributed by atoms with Gasteiger partial charge in [0, 0.05) is 29.6 Å². The SMILES string of the molecule is O=C(Cn1ccnc1)c1ccc(C(=O)Nc2ccccc2[N+](=O)[O-])cc1. The monoisotopic (exact) mass is 350 g/mol. The molecule has 3 rings (SSSR count). The molecule has 0 aliphatic carbocycles. The molecule has 0 aliphatic heterocycles. The topological polar surface area (TPSA) is 107 Å². The minimum absolute atomic E-state index is 0.114. The van der Waals surface area contributed by atoms with Crippen molar-refractivity contribution in [3.63, 3.8) is 0 Å². The minimum atomic E-state index is -0.562. The number of imidazole rings is 1. The van der Waals surface area contributed by atoms with Gasteiger partial charge in [0.15, 0.2) is 5.78 Å². The molecule has 1 aromatic heterocycles. The summed E-state index contributed by atoms with van der Waals surface area (Å²) in [6, 6.07) is 12.0. The predicted octanol–water partition coefficient (Wildman–Crippen LogP) is 2.93. The van der Waals surface area contributed by atoms with Crippen LogP contribution in [0.5, 0.6) is 0 Å². The minimum Gasteiger partial charge on any atom is -0.330 e. The van der Waals surface area contributed by atoms with Crippen molar-refractivity contribution in [1.29, 1.82) is 0 Å². The predicted molar refractivity (Wildman–Crippen MR) is 94.0 cm³/mol. The Labute approximate surface area is 148 Å². The normalized spacial score (nSPS) is 10.3. The van der Waals surface area contributed by atoms with Crippen molar-refractivity contribution in [3.8, 4) is 0 Å². The number of rotatable bonds is 6. The van der Waals surface area contributed by atoms with Crippen LogP contribution >= 0.6 is 0 Å². The van der Waals surface area contributed by atoms with Crippen molar-refractivity contribution in [2.75, 3.05) is 5.32 Å². The van der Waals surface area contributed by atoms with Crippen molar-refractivity contribution < 1.29 is 14.5 Å². The second-order valence-corrected chi connectivity index (χ2v) is 5.46. The first kappa shape index (κ1) is 17.0. The molecule has 1 N–H and O–H groups in total. The Morgan fingerprint density at radius 3 is 2.42 bits per heavy atom. The molecule has 0 atom stereocenters. The van der Waals surface area contributed by atoms with Gasteiger partial charge in [-0.05, 0) is 18.2 Å². The highest BCUT2D eigenvalue weighted by atomic mass is 16.6. The molecular weight excluding hydrogens is 336 g/mol. The summed E-state index contributed by atoms with van der Waals surface area (Å²) >= 11 is 0. The van der Waals surface area contributed by atoms with Crippen LogP contribution in [0, 0.1) is 10.1 Å². The van der Waals surface area contributed by atoms with E-state index < -0.39 is 10.8 Å². The van der Waals surface area contributed by atoms with E-state index in [4.69, 9.17) is 0 Å². The van der Waals surface area contributed by atoms with E-state index in [-0.39, 0.29) is 23.7 Å². The Morgan fingerprint density at radius 1 is 1.08 bits per heavy atom. The first-order valence-corrected chi connectivity index (χ1v) is 7.68. The molecule has 0 bridgehead atoms. The summed E-state index contributed by atoms with van der Waals surface area (Å²) in [5.74, 6) is -0.610. The summed E-state index contributed by atoms with van der Waals surface area (Å²) in [6.07, 6.45) is 4.82. The number of hydrogen-bond acceptors (Lipinski definition) is 5. The number of para-hydroxylation sites is 2. The van der Waals surface area contributed by atoms with Gasteiger partial charge in [-0.2, -0.15) is 0 Å². The summed E-state index contributed by atoms with van der Waals surface area (Å²) in [5.41, 5.74) is 0.680. The second kappa shape index (κ2) is 7.39. The van der Waals surface area contributed by atoms with Gasteiger partial charge in [0.05, 0.1) is 17.8 Å². The summed E-state index contributed by atoms with van der Waals surface area (Å²) in [7, 11) is 0. The summed E-state index contributed by atoms with van der Waals surface area (Å²) in [6.45, 7) is 0.155. The van der Waals surface area contributed by atoms with E-state index in [1.807, 2.05) is 0 Å². The molecule has 8 nitrogen and oxygen atoms in total. The lowest BCUT2D eigenvalue weighted by atomic mass is 10.1. The first-order chi connectivity index (χ1) is 12.5. The van der Waals surface area contributed by atoms with E-state index in [2.05, 4.69) is 10.3 Å². The molecule has 0 aliphatic rings. The van der Waals surface area contributed by atoms with Crippen molar-refractivity contribution in [2.45, 2.75) is 6.54 Å². The van der Waals surface area contributed by atoms with Crippen LogP contribution in [0.15, 0.2) is 67.3 Å². The second-order valence-electron chi connectivity index (χ2n) is 5.46. The maximum absolute atomic E-state index is 12.3. The van der Waals surface area contributed by atoms with Gasteiger partial charge in [-0.15, -0.1) is 0 Å². The third-order valence-electron chi connectivity index (χ3n) is 3.70. The number of nitro groups is 1. The van der Waals surface area contributed by atoms with E-state index in [0.717, 1.165) is 0 Å². The Hall–Kier alpha value is -3.81. The molecule has 1 amide bonds. The van der Waals surface area contributed by atoms with Crippen LogP contribution in [0.2, 0.25) is 0 Å². The van der Waals surface area contributed by atoms with Crippen molar-refractivity contribution in [3.05, 3.63) is 88.5 Å². The number of benzene rings is 2. The molecule has 3 aromatic rings. The molecule has 0 unspecified atom stereocenters. The molecule has 130 valence electrons. The number of carbonyl (C=O) groups excluding carboxylic acids is 2. The molecule has 26 heavy (non-hydrogen) atoms. The lowest BCUT2D eigenvalue weighted by Gasteiger charge is -2.07. The highest BCUT2D eigenvalue weighted by molar-refractivity contribution is 6.06. The van der Waals surface area contributed by atoms with Gasteiger partial charge in [-0.25, -0.2) is 4.98 Å². The van der Waals surface area contributed by atoms with Crippen LogP contribution in [0.25, 0.3) is 0 Å². The number of hydrogen-bond donors (Lipinski definition) is 1. The van der Waals surface area contributed by atoms with Crippen LogP contribution in [0.4, 0.5) is 11.4 Å². The highest BCUT2D eigenvalue weighted by Crippen LogP contribution is 2.23. The largest absolute Gasteiger partial charge is 0.330 e. The van der Waals surface area contributed by atoms with Gasteiger partial charge < -0.3 is 9.88 Å². The third kappa shape index (κ3) is 3.81. The van der Waals surface area contributed by atoms with Crippen molar-refractivity contribution >= 4 is 23.1 Å². The fourth-order valence-electron chi connectivity index (χ4n) is 2.38. The van der Waals surface area contributed by atoms with E-state index in [0.29, 0.717) is 11.1 Å². The fraction of sp³-hybridized carbons (Fsp3) is 0.0556. The maximum atomic E-state index is 12.3. The summed E-state index contributed by atoms with van der Waals surface area (Å²) < 4.78 is 1.65. The number of ketones is 1. The standard InChI is InChI=1S/C18H14N4O4/c23-17(11-21-10-9-19-12-21)13-5-7-14(8-6-13)18(24)20-15-3-1-2-4-16(15)22(25)26/h1-10,12H,11H2,(H,20,24). The third-order valence-corrected chi connectivity index (χ3v) is 3.70. The maximum Gasteiger partial charge on any atom is 0.292 e. The molecule has 2 aromatic carbocycles. The average Bonchev–Trinajstić information content (AvgIpc) is 3.15. The number of nitrogens with one attached hydrogen (secondary N) is 1. The average molecular weight is 350 g/mol. The van der Waals surface area contributed by atoms with Crippen LogP contribution in [0.3, 0.4) is 0 Å². The Balaban J connectivity index is 1.71. The lowest BCUT2D eigenvalue weighted by Crippen LogP contribution is -2.14. The van der Waals surface area contributed by atoms with Crippen LogP contribution in [-0.2, 0) is 6.54 Å². The smallest absolute Gasteiger partial charge is 0.292 e. The molecule has 0 saturated carbocycles. The molecule has 0 saturated heterocycles. The Bertz CT molecular complexity index is 950. The zero-order valence-corrected chi connectivity index (χ0v) is 13.5. The number of nitro benzene ring substituents is 1. The van der Waals surface area contributed by atoms with Crippen LogP contribution < -0.4 is 5.32 Å². The highest BCUT2D eigenvalue weighted by Gasteiger charge is 2.16. The van der Waals surface area contributed by atoms with Gasteiger partial charge >= 0.3 is 0 Å². The van der Waals surface area contributed by atoms with E-state index in [1.54, 1.807) is 41.5 Å². The molecule has 0 fully saturated rings. The summed E-state index contributed by atoms with van der Waals surface area (Å²) in [5, 5.41) is 13.5. The van der Waals surface area contributed by atoms with E-state index in [9.17, 15) is 19.7 Å². The van der Waals surface area contributed by atoms with Gasteiger partial charge in [-0.1, -0.05) is 24.3 Å². The zero-order chi connectivity index (χ0) is 18.5. The van der Waals surface area contributed by atoms with Gasteiger partial charge in [0.25, 0.3) is 11.6 Å². The molecule has 0 spiro atoms. The molecular formula is C18H14N4O4. The molecule has 8 heteroatoms. The Morgan fingerprint density at radius 2 is 1.77 bits per heavy atom. The van der Waals surface area contributed by atoms with Crippen LogP contribution in [0.1, 0.15) is 20.7 Å². The van der Waals surface area contributed by atoms with E-state index in [1.165, 1.54) is 30.3 Å². The Kier molecular flexibility index (Phi) is 4.84. The van der Waals surface area contributed by atoms with Gasteiger partial charge in [-0.3, -0.25) is 19.7 Å². The van der Waals surface area contributed by atoms with Crippen molar-refractivity contribution in [1.82, 2.24) is 9.55 Å². The first-order valence-electron chi connectivity index (χ1n) is 7.68. The lowest BCUT2D eigenvalue weighted by molar-refractivity contribution is -0.383. The van der Waals surface area contributed by atoms with Crippen molar-refractivity contribution in [2.24, 2.45) is 0 Å². The number of aromatic nitrogens is 2.